The molecule has 1 aliphatic carbocycles. The molecule has 1 aliphatic rings. The normalized spacial score (nSPS) is 12.2. The first-order chi connectivity index (χ1) is 16.4. The van der Waals surface area contributed by atoms with Crippen LogP contribution in [0.4, 0.5) is 0 Å². The maximum Gasteiger partial charge on any atom is 0.0902 e. The summed E-state index contributed by atoms with van der Waals surface area (Å²) in [4.78, 5) is 5.12. The fourth-order valence-electron chi connectivity index (χ4n) is 5.63. The Balaban J connectivity index is 1.58. The molecular formula is C31H17NS. The quantitative estimate of drug-likeness (QED) is 0.250. The number of pyridine rings is 1. The highest BCUT2D eigenvalue weighted by molar-refractivity contribution is 7.26. The van der Waals surface area contributed by atoms with E-state index >= 15 is 0 Å². The minimum Gasteiger partial charge on any atom is -0.246 e. The Kier molecular flexibility index (Phi) is 3.34. The fraction of sp³-hybridized carbons (Fsp3) is 0. The third kappa shape index (κ3) is 2.23. The second-order valence-electron chi connectivity index (χ2n) is 8.71. The van der Waals surface area contributed by atoms with Crippen LogP contribution in [0, 0.1) is 0 Å². The second-order valence-corrected chi connectivity index (χ2v) is 9.77. The van der Waals surface area contributed by atoms with Crippen LogP contribution in [0.15, 0.2) is 103 Å². The number of nitrogens with zero attached hydrogens (tertiary/aromatic N) is 1. The van der Waals surface area contributed by atoms with E-state index in [4.69, 9.17) is 4.98 Å². The molecule has 0 amide bonds. The molecule has 0 N–H and O–H groups in total. The van der Waals surface area contributed by atoms with Crippen LogP contribution in [0.5, 0.6) is 0 Å². The topological polar surface area (TPSA) is 12.9 Å². The second kappa shape index (κ2) is 6.28. The summed E-state index contributed by atoms with van der Waals surface area (Å²) in [6, 6.07) is 37.4. The zero-order valence-corrected chi connectivity index (χ0v) is 18.5. The van der Waals surface area contributed by atoms with Crippen LogP contribution >= 0.6 is 11.3 Å². The van der Waals surface area contributed by atoms with Gasteiger partial charge in [-0.25, -0.2) is 4.98 Å². The molecule has 0 fully saturated rings. The van der Waals surface area contributed by atoms with Crippen molar-refractivity contribution in [2.45, 2.75) is 0 Å². The Bertz CT molecular complexity index is 1900. The van der Waals surface area contributed by atoms with Gasteiger partial charge in [0.1, 0.15) is 0 Å². The molecule has 2 aromatic heterocycles. The van der Waals surface area contributed by atoms with Gasteiger partial charge in [-0.2, -0.15) is 0 Å². The van der Waals surface area contributed by atoms with Gasteiger partial charge in [-0.3, -0.25) is 0 Å². The third-order valence-corrected chi connectivity index (χ3v) is 8.20. The van der Waals surface area contributed by atoms with Crippen molar-refractivity contribution < 1.29 is 0 Å². The summed E-state index contributed by atoms with van der Waals surface area (Å²) in [6.45, 7) is 0. The SMILES string of the molecule is c1ccc2c(c1)-c1cccc3c(-c4c5ccccc5nc5c4sc4ccccc45)ccc-2c13. The Labute approximate surface area is 194 Å². The first-order valence-corrected chi connectivity index (χ1v) is 12.1. The average Bonchev–Trinajstić information content (AvgIpc) is 3.40. The lowest BCUT2D eigenvalue weighted by atomic mass is 9.92. The average molecular weight is 436 g/mol. The molecule has 0 atom stereocenters. The zero-order valence-electron chi connectivity index (χ0n) is 17.7. The van der Waals surface area contributed by atoms with Crippen molar-refractivity contribution in [1.82, 2.24) is 4.98 Å². The van der Waals surface area contributed by atoms with Gasteiger partial charge in [0, 0.05) is 21.0 Å². The van der Waals surface area contributed by atoms with Gasteiger partial charge >= 0.3 is 0 Å². The van der Waals surface area contributed by atoms with E-state index in [1.54, 1.807) is 0 Å². The predicted molar refractivity (Wildman–Crippen MR) is 142 cm³/mol. The van der Waals surface area contributed by atoms with Crippen LogP contribution in [-0.4, -0.2) is 4.98 Å². The predicted octanol–water partition coefficient (Wildman–Crippen LogP) is 9.07. The van der Waals surface area contributed by atoms with Crippen molar-refractivity contribution >= 4 is 53.3 Å². The summed E-state index contributed by atoms with van der Waals surface area (Å²) in [5.74, 6) is 0. The summed E-state index contributed by atoms with van der Waals surface area (Å²) >= 11 is 1.86. The monoisotopic (exact) mass is 435 g/mol. The summed E-state index contributed by atoms with van der Waals surface area (Å²) in [5, 5.41) is 5.14. The smallest absolute Gasteiger partial charge is 0.0902 e. The van der Waals surface area contributed by atoms with Gasteiger partial charge in [-0.05, 0) is 50.7 Å². The minimum absolute atomic E-state index is 1.05. The van der Waals surface area contributed by atoms with Crippen molar-refractivity contribution in [3.63, 3.8) is 0 Å². The molecule has 0 saturated carbocycles. The Hall–Kier alpha value is -4.01. The van der Waals surface area contributed by atoms with E-state index < -0.39 is 0 Å². The van der Waals surface area contributed by atoms with Crippen LogP contribution in [-0.2, 0) is 0 Å². The van der Waals surface area contributed by atoms with Crippen molar-refractivity contribution in [2.75, 3.05) is 0 Å². The maximum absolute atomic E-state index is 5.12. The van der Waals surface area contributed by atoms with Crippen LogP contribution < -0.4 is 0 Å². The van der Waals surface area contributed by atoms with Gasteiger partial charge in [0.25, 0.3) is 0 Å². The van der Waals surface area contributed by atoms with E-state index in [-0.39, 0.29) is 0 Å². The van der Waals surface area contributed by atoms with Gasteiger partial charge in [0.05, 0.1) is 15.7 Å². The number of hydrogen-bond donors (Lipinski definition) is 0. The number of aromatic nitrogens is 1. The Morgan fingerprint density at radius 3 is 2.00 bits per heavy atom. The van der Waals surface area contributed by atoms with E-state index in [0.29, 0.717) is 0 Å². The minimum atomic E-state index is 1.05. The number of para-hydroxylation sites is 1. The van der Waals surface area contributed by atoms with Gasteiger partial charge < -0.3 is 0 Å². The Morgan fingerprint density at radius 1 is 0.485 bits per heavy atom. The zero-order chi connectivity index (χ0) is 21.5. The van der Waals surface area contributed by atoms with Gasteiger partial charge in [0.15, 0.2) is 0 Å². The molecule has 0 saturated heterocycles. The van der Waals surface area contributed by atoms with E-state index in [1.807, 2.05) is 11.3 Å². The number of fused-ring (bicyclic) bond motifs is 7. The molecule has 2 heteroatoms. The molecule has 0 radical (unpaired) electrons. The molecule has 33 heavy (non-hydrogen) atoms. The molecule has 0 unspecified atom stereocenters. The molecule has 1 nitrogen and oxygen atoms in total. The summed E-state index contributed by atoms with van der Waals surface area (Å²) in [7, 11) is 0. The molecular weight excluding hydrogens is 418 g/mol. The van der Waals surface area contributed by atoms with E-state index in [9.17, 15) is 0 Å². The number of benzene rings is 5. The molecule has 7 aromatic rings. The first kappa shape index (κ1) is 17.5. The standard InChI is InChI=1S/C31H17NS/c1-2-9-19-18(8-1)20-12-7-13-21-23(17-16-22(19)28(20)21)29-24-10-3-5-14-26(24)32-30-25-11-4-6-15-27(25)33-31(29)30/h1-17H. The molecule has 0 bridgehead atoms. The largest absolute Gasteiger partial charge is 0.246 e. The number of thiophene rings is 1. The molecule has 152 valence electrons. The summed E-state index contributed by atoms with van der Waals surface area (Å²) in [5.41, 5.74) is 10.1. The van der Waals surface area contributed by atoms with Gasteiger partial charge in [0.2, 0.25) is 0 Å². The van der Waals surface area contributed by atoms with Crippen LogP contribution in [0.3, 0.4) is 0 Å². The number of hydrogen-bond acceptors (Lipinski definition) is 2. The van der Waals surface area contributed by atoms with Crippen LogP contribution in [0.25, 0.3) is 75.4 Å². The maximum atomic E-state index is 5.12. The van der Waals surface area contributed by atoms with Crippen molar-refractivity contribution in [1.29, 1.82) is 0 Å². The van der Waals surface area contributed by atoms with E-state index in [2.05, 4.69) is 103 Å². The summed E-state index contributed by atoms with van der Waals surface area (Å²) in [6.07, 6.45) is 0. The van der Waals surface area contributed by atoms with E-state index in [0.717, 1.165) is 11.0 Å². The van der Waals surface area contributed by atoms with Gasteiger partial charge in [-0.1, -0.05) is 91.0 Å². The van der Waals surface area contributed by atoms with E-state index in [1.165, 1.54) is 64.3 Å². The highest BCUT2D eigenvalue weighted by atomic mass is 32.1. The van der Waals surface area contributed by atoms with Crippen LogP contribution in [0.1, 0.15) is 0 Å². The number of rotatable bonds is 1. The first-order valence-electron chi connectivity index (χ1n) is 11.2. The highest BCUT2D eigenvalue weighted by Crippen LogP contribution is 2.51. The summed E-state index contributed by atoms with van der Waals surface area (Å²) < 4.78 is 2.56. The fourth-order valence-corrected chi connectivity index (χ4v) is 6.85. The van der Waals surface area contributed by atoms with Gasteiger partial charge in [-0.15, -0.1) is 11.3 Å². The molecule has 8 rings (SSSR count). The lowest BCUT2D eigenvalue weighted by molar-refractivity contribution is 1.53. The van der Waals surface area contributed by atoms with Crippen molar-refractivity contribution in [3.8, 4) is 33.4 Å². The molecule has 0 spiro atoms. The lowest BCUT2D eigenvalue weighted by Gasteiger charge is -2.13. The third-order valence-electron chi connectivity index (χ3n) is 7.02. The van der Waals surface area contributed by atoms with Crippen molar-refractivity contribution in [2.24, 2.45) is 0 Å². The van der Waals surface area contributed by atoms with Crippen molar-refractivity contribution in [3.05, 3.63) is 103 Å². The molecule has 2 heterocycles. The molecule has 0 aliphatic heterocycles. The lowest BCUT2D eigenvalue weighted by Crippen LogP contribution is -1.88. The Morgan fingerprint density at radius 2 is 1.12 bits per heavy atom. The molecule has 5 aromatic carbocycles. The highest BCUT2D eigenvalue weighted by Gasteiger charge is 2.24. The van der Waals surface area contributed by atoms with Crippen LogP contribution in [0.2, 0.25) is 0 Å².